The van der Waals surface area contributed by atoms with Gasteiger partial charge in [-0.25, -0.2) is 8.42 Å². The molecular formula is C26H29NO5S. The molecule has 6 nitrogen and oxygen atoms in total. The minimum absolute atomic E-state index is 0.0466. The van der Waals surface area contributed by atoms with Gasteiger partial charge in [0.2, 0.25) is 5.91 Å². The van der Waals surface area contributed by atoms with E-state index < -0.39 is 15.1 Å². The van der Waals surface area contributed by atoms with E-state index in [0.29, 0.717) is 49.4 Å². The van der Waals surface area contributed by atoms with Crippen molar-refractivity contribution in [1.82, 2.24) is 4.90 Å². The Morgan fingerprint density at radius 3 is 2.30 bits per heavy atom. The number of methoxy groups -OCH3 is 2. The number of hydrogen-bond donors (Lipinski definition) is 0. The maximum atomic E-state index is 13.0. The van der Waals surface area contributed by atoms with Crippen LogP contribution in [0, 0.1) is 0 Å². The van der Waals surface area contributed by atoms with Gasteiger partial charge in [-0.05, 0) is 60.4 Å². The largest absolute Gasteiger partial charge is 0.497 e. The van der Waals surface area contributed by atoms with Gasteiger partial charge in [-0.1, -0.05) is 30.3 Å². The zero-order valence-electron chi connectivity index (χ0n) is 19.0. The summed E-state index contributed by atoms with van der Waals surface area (Å²) in [6.45, 7) is 0.900. The van der Waals surface area contributed by atoms with Gasteiger partial charge >= 0.3 is 0 Å². The molecule has 0 bridgehead atoms. The van der Waals surface area contributed by atoms with Crippen molar-refractivity contribution in [2.24, 2.45) is 0 Å². The molecule has 0 spiro atoms. The van der Waals surface area contributed by atoms with Gasteiger partial charge in [0.25, 0.3) is 0 Å². The van der Waals surface area contributed by atoms with E-state index >= 15 is 0 Å². The molecule has 1 fully saturated rings. The minimum atomic E-state index is -3.43. The predicted octanol–water partition coefficient (Wildman–Crippen LogP) is 4.25. The number of benzene rings is 3. The van der Waals surface area contributed by atoms with Crippen molar-refractivity contribution >= 4 is 26.5 Å². The van der Waals surface area contributed by atoms with Gasteiger partial charge in [0, 0.05) is 25.1 Å². The van der Waals surface area contributed by atoms with Crippen LogP contribution in [0.2, 0.25) is 0 Å². The minimum Gasteiger partial charge on any atom is -0.497 e. The molecule has 3 aromatic rings. The Morgan fingerprint density at radius 2 is 1.64 bits per heavy atom. The maximum Gasteiger partial charge on any atom is 0.222 e. The first-order valence-corrected chi connectivity index (χ1v) is 12.7. The van der Waals surface area contributed by atoms with Crippen molar-refractivity contribution in [1.29, 1.82) is 0 Å². The summed E-state index contributed by atoms with van der Waals surface area (Å²) >= 11 is 0. The topological polar surface area (TPSA) is 72.9 Å². The molecule has 1 aliphatic rings. The quantitative estimate of drug-likeness (QED) is 0.519. The lowest BCUT2D eigenvalue weighted by molar-refractivity contribution is -0.132. The van der Waals surface area contributed by atoms with E-state index in [-0.39, 0.29) is 5.91 Å². The van der Waals surface area contributed by atoms with Crippen LogP contribution >= 0.6 is 0 Å². The van der Waals surface area contributed by atoms with E-state index in [2.05, 4.69) is 0 Å². The van der Waals surface area contributed by atoms with Crippen LogP contribution in [0.3, 0.4) is 0 Å². The SMILES string of the molecule is COc1ccc(S(=O)(=O)C2CCN(C(=O)CCc3c(OC)ccc4ccccc34)CC2)cc1. The Labute approximate surface area is 195 Å². The average molecular weight is 468 g/mol. The number of carbonyl (C=O) groups is 1. The second-order valence-corrected chi connectivity index (χ2v) is 10.5. The van der Waals surface area contributed by atoms with E-state index in [4.69, 9.17) is 9.47 Å². The zero-order valence-corrected chi connectivity index (χ0v) is 19.8. The normalized spacial score (nSPS) is 14.9. The molecule has 33 heavy (non-hydrogen) atoms. The second kappa shape index (κ2) is 9.83. The Kier molecular flexibility index (Phi) is 6.88. The highest BCUT2D eigenvalue weighted by Crippen LogP contribution is 2.30. The van der Waals surface area contributed by atoms with Crippen LogP contribution in [0.1, 0.15) is 24.8 Å². The fourth-order valence-electron chi connectivity index (χ4n) is 4.53. The number of ether oxygens (including phenoxy) is 2. The molecule has 3 aromatic carbocycles. The van der Waals surface area contributed by atoms with Crippen molar-refractivity contribution in [3.63, 3.8) is 0 Å². The molecule has 1 heterocycles. The Morgan fingerprint density at radius 1 is 0.939 bits per heavy atom. The summed E-state index contributed by atoms with van der Waals surface area (Å²) < 4.78 is 36.7. The Bertz CT molecular complexity index is 1230. The molecule has 4 rings (SSSR count). The van der Waals surface area contributed by atoms with Gasteiger partial charge in [0.05, 0.1) is 24.4 Å². The van der Waals surface area contributed by atoms with E-state index in [0.717, 1.165) is 22.1 Å². The van der Waals surface area contributed by atoms with Gasteiger partial charge in [-0.3, -0.25) is 4.79 Å². The van der Waals surface area contributed by atoms with E-state index in [1.54, 1.807) is 43.4 Å². The number of hydrogen-bond acceptors (Lipinski definition) is 5. The second-order valence-electron chi connectivity index (χ2n) is 8.27. The maximum absolute atomic E-state index is 13.0. The van der Waals surface area contributed by atoms with Crippen LogP contribution in [0.25, 0.3) is 10.8 Å². The zero-order chi connectivity index (χ0) is 23.4. The highest BCUT2D eigenvalue weighted by molar-refractivity contribution is 7.92. The number of piperidine rings is 1. The molecule has 0 unspecified atom stereocenters. The van der Waals surface area contributed by atoms with Crippen LogP contribution in [-0.2, 0) is 21.1 Å². The monoisotopic (exact) mass is 467 g/mol. The van der Waals surface area contributed by atoms with Crippen molar-refractivity contribution in [2.75, 3.05) is 27.3 Å². The van der Waals surface area contributed by atoms with Crippen molar-refractivity contribution in [3.05, 3.63) is 66.2 Å². The lowest BCUT2D eigenvalue weighted by Crippen LogP contribution is -2.42. The molecule has 1 amide bonds. The molecule has 0 aliphatic carbocycles. The number of likely N-dealkylation sites (tertiary alicyclic amines) is 1. The van der Waals surface area contributed by atoms with Crippen LogP contribution < -0.4 is 9.47 Å². The fraction of sp³-hybridized carbons (Fsp3) is 0.346. The van der Waals surface area contributed by atoms with E-state index in [1.165, 1.54) is 0 Å². The molecule has 0 saturated carbocycles. The molecular weight excluding hydrogens is 438 g/mol. The lowest BCUT2D eigenvalue weighted by atomic mass is 9.99. The lowest BCUT2D eigenvalue weighted by Gasteiger charge is -2.32. The summed E-state index contributed by atoms with van der Waals surface area (Å²) in [5, 5.41) is 1.73. The van der Waals surface area contributed by atoms with Crippen LogP contribution in [0.15, 0.2) is 65.6 Å². The van der Waals surface area contributed by atoms with Crippen molar-refractivity contribution in [2.45, 2.75) is 35.8 Å². The average Bonchev–Trinajstić information content (AvgIpc) is 2.87. The number of fused-ring (bicyclic) bond motifs is 1. The molecule has 1 aliphatic heterocycles. The number of nitrogens with zero attached hydrogens (tertiary/aromatic N) is 1. The van der Waals surface area contributed by atoms with Gasteiger partial charge in [0.15, 0.2) is 9.84 Å². The third-order valence-electron chi connectivity index (χ3n) is 6.43. The smallest absolute Gasteiger partial charge is 0.222 e. The third kappa shape index (κ3) is 4.83. The van der Waals surface area contributed by atoms with Crippen LogP contribution in [0.5, 0.6) is 11.5 Å². The number of rotatable bonds is 7. The number of sulfone groups is 1. The first kappa shape index (κ1) is 23.1. The van der Waals surface area contributed by atoms with Crippen molar-refractivity contribution in [3.8, 4) is 11.5 Å². The molecule has 0 aromatic heterocycles. The van der Waals surface area contributed by atoms with Gasteiger partial charge in [-0.2, -0.15) is 0 Å². The van der Waals surface area contributed by atoms with Crippen molar-refractivity contribution < 1.29 is 22.7 Å². The summed E-state index contributed by atoms with van der Waals surface area (Å²) in [6.07, 6.45) is 1.82. The Hall–Kier alpha value is -3.06. The van der Waals surface area contributed by atoms with Gasteiger partial charge in [0.1, 0.15) is 11.5 Å². The highest BCUT2D eigenvalue weighted by atomic mass is 32.2. The van der Waals surface area contributed by atoms with E-state index in [1.807, 2.05) is 36.4 Å². The number of carbonyl (C=O) groups excluding carboxylic acids is 1. The summed E-state index contributed by atoms with van der Waals surface area (Å²) in [6, 6.07) is 18.5. The molecule has 0 N–H and O–H groups in total. The van der Waals surface area contributed by atoms with Gasteiger partial charge in [-0.15, -0.1) is 0 Å². The first-order chi connectivity index (χ1) is 15.9. The molecule has 174 valence electrons. The fourth-order valence-corrected chi connectivity index (χ4v) is 6.26. The third-order valence-corrected chi connectivity index (χ3v) is 8.71. The first-order valence-electron chi connectivity index (χ1n) is 11.1. The molecule has 0 radical (unpaired) electrons. The van der Waals surface area contributed by atoms with Crippen LogP contribution in [0.4, 0.5) is 0 Å². The summed E-state index contributed by atoms with van der Waals surface area (Å²) in [5.41, 5.74) is 1.03. The molecule has 7 heteroatoms. The summed E-state index contributed by atoms with van der Waals surface area (Å²) in [5.74, 6) is 1.45. The number of aryl methyl sites for hydroxylation is 1. The highest BCUT2D eigenvalue weighted by Gasteiger charge is 2.32. The van der Waals surface area contributed by atoms with Crippen LogP contribution in [-0.4, -0.2) is 51.8 Å². The van der Waals surface area contributed by atoms with Gasteiger partial charge < -0.3 is 14.4 Å². The predicted molar refractivity (Wildman–Crippen MR) is 129 cm³/mol. The number of amides is 1. The molecule has 0 atom stereocenters. The summed E-state index contributed by atoms with van der Waals surface area (Å²) in [7, 11) is -0.244. The summed E-state index contributed by atoms with van der Waals surface area (Å²) in [4.78, 5) is 15.0. The molecule has 1 saturated heterocycles. The standard InChI is InChI=1S/C26H29NO5S/c1-31-20-8-10-21(11-9-20)33(29,30)22-15-17-27(18-16-22)26(28)14-12-24-23-6-4-3-5-19(23)7-13-25(24)32-2/h3-11,13,22H,12,14-18H2,1-2H3. The van der Waals surface area contributed by atoms with E-state index in [9.17, 15) is 13.2 Å². The Balaban J connectivity index is 1.39.